The van der Waals surface area contributed by atoms with Crippen molar-refractivity contribution in [2.24, 2.45) is 0 Å². The average molecular weight is 380 g/mol. The molecule has 5 nitrogen and oxygen atoms in total. The molecule has 0 aliphatic carbocycles. The first kappa shape index (κ1) is 19.9. The predicted molar refractivity (Wildman–Crippen MR) is 111 cm³/mol. The van der Waals surface area contributed by atoms with E-state index in [1.807, 2.05) is 4.90 Å². The van der Waals surface area contributed by atoms with E-state index >= 15 is 0 Å². The maximum absolute atomic E-state index is 12.5. The van der Waals surface area contributed by atoms with Gasteiger partial charge in [0.15, 0.2) is 5.78 Å². The standard InChI is InChI=1S/C23H28N2O3/c1-18-6-3-4-7-22(18)24-13-15-25(16-14-24)23(27)8-5-17-28-21-11-9-20(10-12-21)19(2)26/h3-4,6-7,9-12H,5,8,13-17H2,1-2H3. The monoisotopic (exact) mass is 380 g/mol. The Morgan fingerprint density at radius 1 is 0.964 bits per heavy atom. The summed E-state index contributed by atoms with van der Waals surface area (Å²) in [6.07, 6.45) is 1.18. The molecule has 148 valence electrons. The molecule has 1 fully saturated rings. The van der Waals surface area contributed by atoms with Crippen LogP contribution < -0.4 is 9.64 Å². The minimum absolute atomic E-state index is 0.0414. The molecule has 1 saturated heterocycles. The van der Waals surface area contributed by atoms with Gasteiger partial charge in [-0.15, -0.1) is 0 Å². The Morgan fingerprint density at radius 3 is 2.29 bits per heavy atom. The van der Waals surface area contributed by atoms with E-state index in [9.17, 15) is 9.59 Å². The summed E-state index contributed by atoms with van der Waals surface area (Å²) in [5.41, 5.74) is 3.21. The Bertz CT molecular complexity index is 809. The van der Waals surface area contributed by atoms with Gasteiger partial charge in [-0.1, -0.05) is 18.2 Å². The van der Waals surface area contributed by atoms with Crippen LogP contribution in [0.4, 0.5) is 5.69 Å². The molecular formula is C23H28N2O3. The maximum atomic E-state index is 12.5. The van der Waals surface area contributed by atoms with Crippen molar-refractivity contribution in [1.29, 1.82) is 0 Å². The zero-order chi connectivity index (χ0) is 19.9. The van der Waals surface area contributed by atoms with Gasteiger partial charge in [0.2, 0.25) is 5.91 Å². The number of carbonyl (C=O) groups is 2. The number of para-hydroxylation sites is 1. The van der Waals surface area contributed by atoms with Gasteiger partial charge in [0, 0.05) is 43.9 Å². The molecule has 2 aromatic rings. The number of piperazine rings is 1. The van der Waals surface area contributed by atoms with Crippen molar-refractivity contribution in [1.82, 2.24) is 4.90 Å². The number of carbonyl (C=O) groups excluding carboxylic acids is 2. The molecule has 2 aromatic carbocycles. The van der Waals surface area contributed by atoms with Crippen molar-refractivity contribution in [3.05, 3.63) is 59.7 Å². The van der Waals surface area contributed by atoms with Gasteiger partial charge in [0.05, 0.1) is 6.61 Å². The summed E-state index contributed by atoms with van der Waals surface area (Å²) in [6.45, 7) is 7.43. The lowest BCUT2D eigenvalue weighted by molar-refractivity contribution is -0.131. The third-order valence-electron chi connectivity index (χ3n) is 5.15. The highest BCUT2D eigenvalue weighted by Gasteiger charge is 2.21. The van der Waals surface area contributed by atoms with Crippen LogP contribution in [0.15, 0.2) is 48.5 Å². The van der Waals surface area contributed by atoms with Crippen LogP contribution in [0.5, 0.6) is 5.75 Å². The van der Waals surface area contributed by atoms with Crippen LogP contribution in [0.1, 0.15) is 35.7 Å². The molecule has 0 radical (unpaired) electrons. The molecule has 5 heteroatoms. The van der Waals surface area contributed by atoms with Gasteiger partial charge in [-0.2, -0.15) is 0 Å². The molecule has 1 heterocycles. The first-order valence-corrected chi connectivity index (χ1v) is 9.87. The van der Waals surface area contributed by atoms with E-state index in [-0.39, 0.29) is 11.7 Å². The quantitative estimate of drug-likeness (QED) is 0.543. The summed E-state index contributed by atoms with van der Waals surface area (Å²) in [4.78, 5) is 28.0. The van der Waals surface area contributed by atoms with Gasteiger partial charge in [0.1, 0.15) is 5.75 Å². The highest BCUT2D eigenvalue weighted by atomic mass is 16.5. The van der Waals surface area contributed by atoms with Gasteiger partial charge in [-0.3, -0.25) is 9.59 Å². The molecule has 0 unspecified atom stereocenters. The van der Waals surface area contributed by atoms with E-state index in [2.05, 4.69) is 36.1 Å². The Labute approximate surface area is 166 Å². The second kappa shape index (κ2) is 9.40. The number of rotatable bonds is 7. The Hall–Kier alpha value is -2.82. The second-order valence-corrected chi connectivity index (χ2v) is 7.19. The van der Waals surface area contributed by atoms with E-state index in [0.717, 1.165) is 31.9 Å². The third kappa shape index (κ3) is 5.12. The number of amides is 1. The fraction of sp³-hybridized carbons (Fsp3) is 0.391. The number of hydrogen-bond acceptors (Lipinski definition) is 4. The molecule has 3 rings (SSSR count). The Kier molecular flexibility index (Phi) is 6.69. The van der Waals surface area contributed by atoms with Crippen molar-refractivity contribution >= 4 is 17.4 Å². The normalized spacial score (nSPS) is 14.1. The molecule has 1 aliphatic heterocycles. The molecule has 0 aromatic heterocycles. The Morgan fingerprint density at radius 2 is 1.64 bits per heavy atom. The van der Waals surface area contributed by atoms with Gasteiger partial charge in [0.25, 0.3) is 0 Å². The summed E-state index contributed by atoms with van der Waals surface area (Å²) in [5.74, 6) is 0.962. The van der Waals surface area contributed by atoms with Crippen LogP contribution in [0.2, 0.25) is 0 Å². The summed E-state index contributed by atoms with van der Waals surface area (Å²) >= 11 is 0. The zero-order valence-corrected chi connectivity index (χ0v) is 16.7. The van der Waals surface area contributed by atoms with Gasteiger partial charge in [-0.05, 0) is 56.2 Å². The number of ketones is 1. The van der Waals surface area contributed by atoms with E-state index in [1.54, 1.807) is 31.2 Å². The number of anilines is 1. The van der Waals surface area contributed by atoms with Crippen LogP contribution >= 0.6 is 0 Å². The van der Waals surface area contributed by atoms with E-state index < -0.39 is 0 Å². The van der Waals surface area contributed by atoms with Gasteiger partial charge in [-0.25, -0.2) is 0 Å². The molecule has 0 N–H and O–H groups in total. The smallest absolute Gasteiger partial charge is 0.222 e. The van der Waals surface area contributed by atoms with Crippen molar-refractivity contribution in [2.75, 3.05) is 37.7 Å². The van der Waals surface area contributed by atoms with Crippen LogP contribution in [-0.2, 0) is 4.79 Å². The van der Waals surface area contributed by atoms with Crippen molar-refractivity contribution in [3.63, 3.8) is 0 Å². The van der Waals surface area contributed by atoms with E-state index in [1.165, 1.54) is 11.3 Å². The van der Waals surface area contributed by atoms with Crippen LogP contribution in [-0.4, -0.2) is 49.4 Å². The highest BCUT2D eigenvalue weighted by molar-refractivity contribution is 5.94. The number of ether oxygens (including phenoxy) is 1. The lowest BCUT2D eigenvalue weighted by Gasteiger charge is -2.36. The van der Waals surface area contributed by atoms with Gasteiger partial charge >= 0.3 is 0 Å². The topological polar surface area (TPSA) is 49.9 Å². The maximum Gasteiger partial charge on any atom is 0.222 e. The molecular weight excluding hydrogens is 352 g/mol. The molecule has 1 aliphatic rings. The number of hydrogen-bond donors (Lipinski definition) is 0. The minimum atomic E-state index is 0.0414. The summed E-state index contributed by atoms with van der Waals surface area (Å²) in [7, 11) is 0. The molecule has 0 atom stereocenters. The Balaban J connectivity index is 1.38. The molecule has 28 heavy (non-hydrogen) atoms. The fourth-order valence-electron chi connectivity index (χ4n) is 3.47. The van der Waals surface area contributed by atoms with E-state index in [4.69, 9.17) is 4.74 Å². The molecule has 0 bridgehead atoms. The third-order valence-corrected chi connectivity index (χ3v) is 5.15. The van der Waals surface area contributed by atoms with Crippen LogP contribution in [0, 0.1) is 6.92 Å². The highest BCUT2D eigenvalue weighted by Crippen LogP contribution is 2.21. The van der Waals surface area contributed by atoms with Crippen molar-refractivity contribution < 1.29 is 14.3 Å². The summed E-state index contributed by atoms with van der Waals surface area (Å²) in [5, 5.41) is 0. The largest absolute Gasteiger partial charge is 0.494 e. The molecule has 0 spiro atoms. The predicted octanol–water partition coefficient (Wildman–Crippen LogP) is 3.71. The van der Waals surface area contributed by atoms with Crippen molar-refractivity contribution in [2.45, 2.75) is 26.7 Å². The molecule has 1 amide bonds. The first-order valence-electron chi connectivity index (χ1n) is 9.87. The average Bonchev–Trinajstić information content (AvgIpc) is 2.72. The van der Waals surface area contributed by atoms with Crippen LogP contribution in [0.25, 0.3) is 0 Å². The lowest BCUT2D eigenvalue weighted by Crippen LogP contribution is -2.49. The van der Waals surface area contributed by atoms with Gasteiger partial charge < -0.3 is 14.5 Å². The van der Waals surface area contributed by atoms with E-state index in [0.29, 0.717) is 25.0 Å². The number of nitrogens with zero attached hydrogens (tertiary/aromatic N) is 2. The number of aryl methyl sites for hydroxylation is 1. The summed E-state index contributed by atoms with van der Waals surface area (Å²) < 4.78 is 5.68. The second-order valence-electron chi connectivity index (χ2n) is 7.19. The van der Waals surface area contributed by atoms with Crippen molar-refractivity contribution in [3.8, 4) is 5.75 Å². The summed E-state index contributed by atoms with van der Waals surface area (Å²) in [6, 6.07) is 15.5. The first-order chi connectivity index (χ1) is 13.5. The number of Topliss-reactive ketones (excluding diaryl/α,β-unsaturated/α-hetero) is 1. The lowest BCUT2D eigenvalue weighted by atomic mass is 10.1. The SMILES string of the molecule is CC(=O)c1ccc(OCCCC(=O)N2CCN(c3ccccc3C)CC2)cc1. The zero-order valence-electron chi connectivity index (χ0n) is 16.7. The minimum Gasteiger partial charge on any atom is -0.494 e. The molecule has 0 saturated carbocycles. The van der Waals surface area contributed by atoms with Crippen LogP contribution in [0.3, 0.4) is 0 Å². The number of benzene rings is 2. The fourth-order valence-corrected chi connectivity index (χ4v) is 3.47.